The summed E-state index contributed by atoms with van der Waals surface area (Å²) in [5.74, 6) is -2.26. The number of nitrogens with one attached hydrogen (secondary N) is 1. The molecule has 0 fully saturated rings. The molecule has 0 saturated carbocycles. The second-order valence-electron chi connectivity index (χ2n) is 6.83. The molecule has 0 radical (unpaired) electrons. The number of para-hydroxylation sites is 1. The highest BCUT2D eigenvalue weighted by atomic mass is 32.2. The molecule has 1 amide bonds. The van der Waals surface area contributed by atoms with E-state index < -0.39 is 5.76 Å². The number of carbonyl (C=O) groups is 1. The first-order valence-electron chi connectivity index (χ1n) is 9.82. The van der Waals surface area contributed by atoms with Crippen molar-refractivity contribution in [2.24, 2.45) is 0 Å². The van der Waals surface area contributed by atoms with Crippen molar-refractivity contribution in [3.63, 3.8) is 0 Å². The third kappa shape index (κ3) is 4.63. The summed E-state index contributed by atoms with van der Waals surface area (Å²) < 4.78 is 28.2. The van der Waals surface area contributed by atoms with E-state index in [0.29, 0.717) is 50.7 Å². The van der Waals surface area contributed by atoms with Crippen LogP contribution in [0.25, 0.3) is 16.7 Å². The first kappa shape index (κ1) is 22.3. The number of anilines is 1. The molecular weight excluding hydrogens is 456 g/mol. The van der Waals surface area contributed by atoms with Crippen molar-refractivity contribution in [1.29, 1.82) is 0 Å². The van der Waals surface area contributed by atoms with Gasteiger partial charge < -0.3 is 5.32 Å². The van der Waals surface area contributed by atoms with E-state index in [1.165, 1.54) is 23.9 Å². The first-order chi connectivity index (χ1) is 15.5. The zero-order chi connectivity index (χ0) is 22.7. The van der Waals surface area contributed by atoms with Gasteiger partial charge in [-0.25, -0.2) is 0 Å². The highest BCUT2D eigenvalue weighted by Gasteiger charge is 2.17. The molecule has 0 aliphatic heterocycles. The summed E-state index contributed by atoms with van der Waals surface area (Å²) in [5, 5.41) is 12.2. The predicted octanol–water partition coefficient (Wildman–Crippen LogP) is 4.50. The summed E-state index contributed by atoms with van der Waals surface area (Å²) in [6.07, 6.45) is 0.764. The molecule has 0 atom stereocenters. The zero-order valence-electron chi connectivity index (χ0n) is 17.0. The highest BCUT2D eigenvalue weighted by molar-refractivity contribution is 8.00. The highest BCUT2D eigenvalue weighted by Crippen LogP contribution is 2.26. The fourth-order valence-electron chi connectivity index (χ4n) is 3.30. The van der Waals surface area contributed by atoms with Gasteiger partial charge in [0, 0.05) is 17.1 Å². The topological polar surface area (TPSA) is 81.3 Å². The molecule has 4 aromatic rings. The van der Waals surface area contributed by atoms with Crippen LogP contribution in [0.1, 0.15) is 13.3 Å². The van der Waals surface area contributed by atoms with Crippen molar-refractivity contribution < 1.29 is 13.6 Å². The van der Waals surface area contributed by atoms with Gasteiger partial charge in [0.2, 0.25) is 11.7 Å². The number of amides is 1. The average Bonchev–Trinajstić information content (AvgIpc) is 3.20. The number of nitrogens with zero attached hydrogens (tertiary/aromatic N) is 4. The van der Waals surface area contributed by atoms with E-state index in [-0.39, 0.29) is 17.2 Å². The SMILES string of the molecule is CCCn1c(=O)c2ccccc2n2c(SCC(=O)Nc3ccc(SC(F)F)cc3)nnc12. The largest absolute Gasteiger partial charge is 0.325 e. The molecular formula is C21H19F2N5O2S2. The Bertz CT molecular complexity index is 1320. The number of aromatic nitrogens is 4. The van der Waals surface area contributed by atoms with Crippen LogP contribution in [0.4, 0.5) is 14.5 Å². The van der Waals surface area contributed by atoms with Gasteiger partial charge >= 0.3 is 0 Å². The lowest BCUT2D eigenvalue weighted by Gasteiger charge is -2.10. The van der Waals surface area contributed by atoms with E-state index in [1.54, 1.807) is 27.2 Å². The smallest absolute Gasteiger partial charge is 0.288 e. The minimum atomic E-state index is -2.49. The Morgan fingerprint density at radius 1 is 1.12 bits per heavy atom. The lowest BCUT2D eigenvalue weighted by Crippen LogP contribution is -2.23. The van der Waals surface area contributed by atoms with Gasteiger partial charge in [-0.05, 0) is 42.8 Å². The van der Waals surface area contributed by atoms with Crippen molar-refractivity contribution >= 4 is 51.8 Å². The number of halogens is 2. The van der Waals surface area contributed by atoms with E-state index in [0.717, 1.165) is 6.42 Å². The third-order valence-electron chi connectivity index (χ3n) is 4.62. The van der Waals surface area contributed by atoms with E-state index >= 15 is 0 Å². The van der Waals surface area contributed by atoms with Crippen LogP contribution in [0.3, 0.4) is 0 Å². The molecule has 0 bridgehead atoms. The van der Waals surface area contributed by atoms with Gasteiger partial charge in [-0.15, -0.1) is 10.2 Å². The Kier molecular flexibility index (Phi) is 6.75. The van der Waals surface area contributed by atoms with Gasteiger partial charge in [0.15, 0.2) is 5.16 Å². The van der Waals surface area contributed by atoms with Gasteiger partial charge in [-0.1, -0.05) is 42.6 Å². The van der Waals surface area contributed by atoms with E-state index in [1.807, 2.05) is 25.1 Å². The van der Waals surface area contributed by atoms with E-state index in [9.17, 15) is 18.4 Å². The number of rotatable bonds is 8. The maximum atomic E-state index is 12.9. The number of hydrogen-bond donors (Lipinski definition) is 1. The monoisotopic (exact) mass is 475 g/mol. The summed E-state index contributed by atoms with van der Waals surface area (Å²) in [4.78, 5) is 25.7. The molecule has 0 aliphatic rings. The van der Waals surface area contributed by atoms with E-state index in [2.05, 4.69) is 15.5 Å². The van der Waals surface area contributed by atoms with Crippen molar-refractivity contribution in [2.75, 3.05) is 11.1 Å². The number of alkyl halides is 2. The molecule has 4 rings (SSSR count). The van der Waals surface area contributed by atoms with Crippen LogP contribution in [0.5, 0.6) is 0 Å². The second kappa shape index (κ2) is 9.70. The maximum Gasteiger partial charge on any atom is 0.288 e. The predicted molar refractivity (Wildman–Crippen MR) is 123 cm³/mol. The minimum Gasteiger partial charge on any atom is -0.325 e. The molecule has 2 aromatic heterocycles. The number of fused-ring (bicyclic) bond motifs is 3. The number of carbonyl (C=O) groups excluding carboxylic acids is 1. The first-order valence-corrected chi connectivity index (χ1v) is 11.7. The van der Waals surface area contributed by atoms with Crippen molar-refractivity contribution in [3.8, 4) is 0 Å². The molecule has 0 saturated heterocycles. The van der Waals surface area contributed by atoms with Crippen molar-refractivity contribution in [2.45, 2.75) is 35.7 Å². The summed E-state index contributed by atoms with van der Waals surface area (Å²) >= 11 is 1.65. The van der Waals surface area contributed by atoms with E-state index in [4.69, 9.17) is 0 Å². The summed E-state index contributed by atoms with van der Waals surface area (Å²) in [7, 11) is 0. The lowest BCUT2D eigenvalue weighted by atomic mass is 10.2. The zero-order valence-corrected chi connectivity index (χ0v) is 18.6. The quantitative estimate of drug-likeness (QED) is 0.378. The van der Waals surface area contributed by atoms with Gasteiger partial charge in [0.1, 0.15) is 0 Å². The molecule has 0 spiro atoms. The molecule has 11 heteroatoms. The number of aryl methyl sites for hydroxylation is 1. The second-order valence-corrected chi connectivity index (χ2v) is 8.84. The Hall–Kier alpha value is -2.92. The van der Waals surface area contributed by atoms with Crippen LogP contribution in [0.2, 0.25) is 0 Å². The Labute approximate surface area is 190 Å². The van der Waals surface area contributed by atoms with Gasteiger partial charge in [0.05, 0.1) is 16.7 Å². The average molecular weight is 476 g/mol. The fourth-order valence-corrected chi connectivity index (χ4v) is 4.54. The molecule has 2 heterocycles. The minimum absolute atomic E-state index is 0.0650. The van der Waals surface area contributed by atoms with Gasteiger partial charge in [-0.2, -0.15) is 8.78 Å². The number of benzene rings is 2. The standard InChI is InChI=1S/C21H19F2N5O2S2/c1-2-11-27-18(30)15-5-3-4-6-16(15)28-20(27)25-26-21(28)31-12-17(29)24-13-7-9-14(10-8-13)32-19(22)23/h3-10,19H,2,11-12H2,1H3,(H,24,29). The normalized spacial score (nSPS) is 11.5. The lowest BCUT2D eigenvalue weighted by molar-refractivity contribution is -0.113. The molecule has 32 heavy (non-hydrogen) atoms. The molecule has 2 aromatic carbocycles. The van der Waals surface area contributed by atoms with Gasteiger partial charge in [-0.3, -0.25) is 18.6 Å². The summed E-state index contributed by atoms with van der Waals surface area (Å²) in [5.41, 5.74) is 1.08. The molecule has 166 valence electrons. The van der Waals surface area contributed by atoms with Crippen LogP contribution in [0, 0.1) is 0 Å². The summed E-state index contributed by atoms with van der Waals surface area (Å²) in [6, 6.07) is 13.5. The Morgan fingerprint density at radius 3 is 2.59 bits per heavy atom. The molecule has 0 aliphatic carbocycles. The molecule has 0 unspecified atom stereocenters. The van der Waals surface area contributed by atoms with Crippen LogP contribution in [0.15, 0.2) is 63.4 Å². The number of thioether (sulfide) groups is 2. The number of hydrogen-bond acceptors (Lipinski definition) is 6. The Morgan fingerprint density at radius 2 is 1.88 bits per heavy atom. The van der Waals surface area contributed by atoms with Crippen LogP contribution >= 0.6 is 23.5 Å². The van der Waals surface area contributed by atoms with Gasteiger partial charge in [0.25, 0.3) is 11.3 Å². The third-order valence-corrected chi connectivity index (χ3v) is 6.27. The Balaban J connectivity index is 1.55. The van der Waals surface area contributed by atoms with Crippen LogP contribution < -0.4 is 10.9 Å². The molecule has 1 N–H and O–H groups in total. The fraction of sp³-hybridized carbons (Fsp3) is 0.238. The summed E-state index contributed by atoms with van der Waals surface area (Å²) in [6.45, 7) is 2.49. The van der Waals surface area contributed by atoms with Crippen LogP contribution in [-0.4, -0.2) is 36.6 Å². The maximum absolute atomic E-state index is 12.9. The molecule has 7 nitrogen and oxygen atoms in total. The van der Waals surface area contributed by atoms with Crippen molar-refractivity contribution in [1.82, 2.24) is 19.2 Å². The van der Waals surface area contributed by atoms with Crippen LogP contribution in [-0.2, 0) is 11.3 Å². The van der Waals surface area contributed by atoms with Crippen molar-refractivity contribution in [3.05, 3.63) is 58.9 Å².